The summed E-state index contributed by atoms with van der Waals surface area (Å²) in [6, 6.07) is 7.83. The summed E-state index contributed by atoms with van der Waals surface area (Å²) in [5.41, 5.74) is 6.66. The highest BCUT2D eigenvalue weighted by atomic mass is 35.5. The van der Waals surface area contributed by atoms with Crippen LogP contribution in [0.15, 0.2) is 24.3 Å². The lowest BCUT2D eigenvalue weighted by Gasteiger charge is -2.37. The summed E-state index contributed by atoms with van der Waals surface area (Å²) >= 11 is 6.00. The molecule has 0 aliphatic carbocycles. The number of carbonyl (C=O) groups is 1. The van der Waals surface area contributed by atoms with E-state index in [1.54, 1.807) is 0 Å². The first-order valence-corrected chi connectivity index (χ1v) is 6.99. The highest BCUT2D eigenvalue weighted by molar-refractivity contribution is 6.30. The van der Waals surface area contributed by atoms with Crippen molar-refractivity contribution in [3.05, 3.63) is 29.3 Å². The largest absolute Gasteiger partial charge is 0.368 e. The quantitative estimate of drug-likeness (QED) is 0.927. The summed E-state index contributed by atoms with van der Waals surface area (Å²) in [5, 5.41) is 0.743. The lowest BCUT2D eigenvalue weighted by Crippen LogP contribution is -2.50. The van der Waals surface area contributed by atoms with Gasteiger partial charge in [0, 0.05) is 49.4 Å². The number of carbonyl (C=O) groups excluding carboxylic acids is 1. The maximum atomic E-state index is 12.0. The van der Waals surface area contributed by atoms with Crippen molar-refractivity contribution in [2.24, 2.45) is 11.7 Å². The lowest BCUT2D eigenvalue weighted by molar-refractivity contribution is -0.134. The normalized spacial score (nSPS) is 16.6. The van der Waals surface area contributed by atoms with Gasteiger partial charge in [0.2, 0.25) is 5.91 Å². The molecule has 1 atom stereocenters. The minimum Gasteiger partial charge on any atom is -0.368 e. The van der Waals surface area contributed by atoms with Crippen LogP contribution in [0.4, 0.5) is 5.69 Å². The summed E-state index contributed by atoms with van der Waals surface area (Å²) in [6.45, 7) is 5.46. The topological polar surface area (TPSA) is 49.6 Å². The fraction of sp³-hybridized carbons (Fsp3) is 0.500. The number of nitrogens with zero attached hydrogens (tertiary/aromatic N) is 2. The molecule has 112 valence electrons. The van der Waals surface area contributed by atoms with Gasteiger partial charge in [-0.25, -0.2) is 0 Å². The van der Waals surface area contributed by atoms with Gasteiger partial charge in [-0.2, -0.15) is 0 Å². The third-order valence-electron chi connectivity index (χ3n) is 3.54. The fourth-order valence-electron chi connectivity index (χ4n) is 2.27. The second kappa shape index (κ2) is 7.72. The first-order chi connectivity index (χ1) is 9.11. The predicted molar refractivity (Wildman–Crippen MR) is 85.7 cm³/mol. The number of anilines is 1. The van der Waals surface area contributed by atoms with Crippen LogP contribution in [0.2, 0.25) is 5.02 Å². The van der Waals surface area contributed by atoms with Crippen LogP contribution < -0.4 is 10.6 Å². The van der Waals surface area contributed by atoms with Crippen LogP contribution in [0, 0.1) is 5.92 Å². The molecule has 0 spiro atoms. The van der Waals surface area contributed by atoms with Gasteiger partial charge in [0.05, 0.1) is 0 Å². The van der Waals surface area contributed by atoms with Gasteiger partial charge < -0.3 is 15.5 Å². The van der Waals surface area contributed by atoms with Gasteiger partial charge in [-0.05, 0) is 18.2 Å². The maximum Gasteiger partial charge on any atom is 0.226 e. The van der Waals surface area contributed by atoms with Crippen molar-refractivity contribution in [3.8, 4) is 0 Å². The van der Waals surface area contributed by atoms with Crippen molar-refractivity contribution < 1.29 is 4.79 Å². The average Bonchev–Trinajstić information content (AvgIpc) is 2.46. The number of amides is 1. The summed E-state index contributed by atoms with van der Waals surface area (Å²) in [5.74, 6) is 0.0750. The Labute approximate surface area is 131 Å². The Morgan fingerprint density at radius 2 is 2.00 bits per heavy atom. The number of hydrogen-bond donors (Lipinski definition) is 1. The van der Waals surface area contributed by atoms with Crippen LogP contribution in [0.1, 0.15) is 6.92 Å². The van der Waals surface area contributed by atoms with Crippen molar-refractivity contribution >= 4 is 35.6 Å². The molecule has 0 radical (unpaired) electrons. The molecule has 0 aromatic heterocycles. The summed E-state index contributed by atoms with van der Waals surface area (Å²) in [7, 11) is 0. The molecule has 1 unspecified atom stereocenters. The van der Waals surface area contributed by atoms with E-state index in [4.69, 9.17) is 17.3 Å². The Bertz CT molecular complexity index is 448. The van der Waals surface area contributed by atoms with E-state index < -0.39 is 0 Å². The molecule has 1 saturated heterocycles. The van der Waals surface area contributed by atoms with E-state index in [-0.39, 0.29) is 24.2 Å². The van der Waals surface area contributed by atoms with Crippen LogP contribution in [0.3, 0.4) is 0 Å². The van der Waals surface area contributed by atoms with Crippen LogP contribution in [-0.4, -0.2) is 43.5 Å². The van der Waals surface area contributed by atoms with Crippen molar-refractivity contribution in [2.75, 3.05) is 37.6 Å². The smallest absolute Gasteiger partial charge is 0.226 e. The van der Waals surface area contributed by atoms with Gasteiger partial charge in [-0.15, -0.1) is 12.4 Å². The van der Waals surface area contributed by atoms with E-state index in [0.29, 0.717) is 6.54 Å². The summed E-state index contributed by atoms with van der Waals surface area (Å²) in [4.78, 5) is 16.2. The summed E-state index contributed by atoms with van der Waals surface area (Å²) in [6.07, 6.45) is 0. The number of benzene rings is 1. The third-order valence-corrected chi connectivity index (χ3v) is 3.77. The van der Waals surface area contributed by atoms with E-state index in [9.17, 15) is 4.79 Å². The molecule has 0 bridgehead atoms. The van der Waals surface area contributed by atoms with Crippen molar-refractivity contribution in [2.45, 2.75) is 6.92 Å². The number of nitrogens with two attached hydrogens (primary N) is 1. The maximum absolute atomic E-state index is 12.0. The number of hydrogen-bond acceptors (Lipinski definition) is 3. The second-order valence-corrected chi connectivity index (χ2v) is 5.37. The van der Waals surface area contributed by atoms with Gasteiger partial charge in [0.1, 0.15) is 0 Å². The molecule has 2 rings (SSSR count). The molecule has 1 aromatic carbocycles. The van der Waals surface area contributed by atoms with E-state index in [1.807, 2.05) is 36.1 Å². The molecular weight excluding hydrogens is 297 g/mol. The molecule has 1 amide bonds. The molecule has 2 N–H and O–H groups in total. The van der Waals surface area contributed by atoms with Crippen molar-refractivity contribution in [3.63, 3.8) is 0 Å². The molecule has 0 saturated carbocycles. The summed E-state index contributed by atoms with van der Waals surface area (Å²) < 4.78 is 0. The zero-order valence-electron chi connectivity index (χ0n) is 11.6. The highest BCUT2D eigenvalue weighted by Gasteiger charge is 2.24. The Morgan fingerprint density at radius 3 is 2.55 bits per heavy atom. The van der Waals surface area contributed by atoms with Crippen LogP contribution >= 0.6 is 24.0 Å². The molecule has 1 aliphatic rings. The van der Waals surface area contributed by atoms with Gasteiger partial charge in [0.15, 0.2) is 0 Å². The average molecular weight is 318 g/mol. The van der Waals surface area contributed by atoms with Crippen molar-refractivity contribution in [1.29, 1.82) is 0 Å². The molecule has 1 fully saturated rings. The monoisotopic (exact) mass is 317 g/mol. The predicted octanol–water partition coefficient (Wildman–Crippen LogP) is 2.01. The molecule has 20 heavy (non-hydrogen) atoms. The molecule has 6 heteroatoms. The molecule has 4 nitrogen and oxygen atoms in total. The first kappa shape index (κ1) is 17.1. The zero-order valence-corrected chi connectivity index (χ0v) is 13.2. The van der Waals surface area contributed by atoms with Gasteiger partial charge in [-0.1, -0.05) is 24.6 Å². The number of halogens is 2. The number of rotatable bonds is 3. The Kier molecular flexibility index (Phi) is 6.59. The third kappa shape index (κ3) is 4.01. The minimum absolute atomic E-state index is 0. The second-order valence-electron chi connectivity index (χ2n) is 4.93. The fourth-order valence-corrected chi connectivity index (χ4v) is 2.45. The Hall–Kier alpha value is -0.970. The zero-order chi connectivity index (χ0) is 13.8. The first-order valence-electron chi connectivity index (χ1n) is 6.61. The van der Waals surface area contributed by atoms with E-state index in [1.165, 1.54) is 0 Å². The van der Waals surface area contributed by atoms with E-state index >= 15 is 0 Å². The van der Waals surface area contributed by atoms with Gasteiger partial charge >= 0.3 is 0 Å². The number of piperazine rings is 1. The standard InChI is InChI=1S/C14H20ClN3O.ClH/c1-11(10-16)14(19)18-7-5-17(6-8-18)13-4-2-3-12(15)9-13;/h2-4,9,11H,5-8,10,16H2,1H3;1H. The van der Waals surface area contributed by atoms with Crippen molar-refractivity contribution in [1.82, 2.24) is 4.90 Å². The van der Waals surface area contributed by atoms with Gasteiger partial charge in [-0.3, -0.25) is 4.79 Å². The van der Waals surface area contributed by atoms with Crippen LogP contribution in [0.25, 0.3) is 0 Å². The van der Waals surface area contributed by atoms with E-state index in [0.717, 1.165) is 36.9 Å². The highest BCUT2D eigenvalue weighted by Crippen LogP contribution is 2.21. The van der Waals surface area contributed by atoms with Gasteiger partial charge in [0.25, 0.3) is 0 Å². The minimum atomic E-state index is -0.0854. The Balaban J connectivity index is 0.00000200. The molecule has 1 heterocycles. The SMILES string of the molecule is CC(CN)C(=O)N1CCN(c2cccc(Cl)c2)CC1.Cl. The van der Waals surface area contributed by atoms with Crippen LogP contribution in [0.5, 0.6) is 0 Å². The molecular formula is C14H21Cl2N3O. The molecule has 1 aliphatic heterocycles. The molecule has 1 aromatic rings. The van der Waals surface area contributed by atoms with Crippen LogP contribution in [-0.2, 0) is 4.79 Å². The van der Waals surface area contributed by atoms with E-state index in [2.05, 4.69) is 4.90 Å². The Morgan fingerprint density at radius 1 is 1.35 bits per heavy atom. The lowest BCUT2D eigenvalue weighted by atomic mass is 10.1.